The summed E-state index contributed by atoms with van der Waals surface area (Å²) in [4.78, 5) is 12.3. The Hall–Kier alpha value is -3.55. The zero-order chi connectivity index (χ0) is 21.3. The van der Waals surface area contributed by atoms with E-state index in [0.29, 0.717) is 41.7 Å². The molecule has 0 radical (unpaired) electrons. The van der Waals surface area contributed by atoms with Crippen molar-refractivity contribution in [1.29, 1.82) is 0 Å². The Kier molecular flexibility index (Phi) is 7.26. The van der Waals surface area contributed by atoms with Crippen LogP contribution in [-0.2, 0) is 11.2 Å². The minimum atomic E-state index is -0.373. The van der Waals surface area contributed by atoms with Crippen LogP contribution >= 0.6 is 0 Å². The minimum absolute atomic E-state index is 0.161. The summed E-state index contributed by atoms with van der Waals surface area (Å²) in [6.07, 6.45) is 0.944. The summed E-state index contributed by atoms with van der Waals surface area (Å²) in [6, 6.07) is 13.0. The highest BCUT2D eigenvalue weighted by Crippen LogP contribution is 2.34. The lowest BCUT2D eigenvalue weighted by molar-refractivity contribution is -0.118. The van der Waals surface area contributed by atoms with Gasteiger partial charge in [0, 0.05) is 5.56 Å². The fourth-order valence-electron chi connectivity index (χ4n) is 2.80. The standard InChI is InChI=1S/C22H25N3O5/c1-4-15-7-10-17(11-8-15)29-14-20(26)23-22-21(24-30-25-22)16-9-12-18(27-5-2)19(13-16)28-6-3/h7-13H,4-6,14H2,1-3H3,(H,23,25,26). The zero-order valence-electron chi connectivity index (χ0n) is 17.3. The van der Waals surface area contributed by atoms with Crippen LogP contribution in [-0.4, -0.2) is 36.0 Å². The monoisotopic (exact) mass is 411 g/mol. The van der Waals surface area contributed by atoms with Gasteiger partial charge in [-0.25, -0.2) is 4.63 Å². The first kappa shape index (κ1) is 21.2. The van der Waals surface area contributed by atoms with Crippen LogP contribution in [0, 0.1) is 0 Å². The number of amides is 1. The van der Waals surface area contributed by atoms with Crippen molar-refractivity contribution >= 4 is 11.7 Å². The number of carbonyl (C=O) groups excluding carboxylic acids is 1. The molecule has 0 unspecified atom stereocenters. The molecule has 0 saturated carbocycles. The van der Waals surface area contributed by atoms with Gasteiger partial charge in [-0.3, -0.25) is 4.79 Å². The molecular weight excluding hydrogens is 386 g/mol. The lowest BCUT2D eigenvalue weighted by Gasteiger charge is -2.12. The second-order valence-electron chi connectivity index (χ2n) is 6.32. The maximum Gasteiger partial charge on any atom is 0.263 e. The van der Waals surface area contributed by atoms with E-state index in [0.717, 1.165) is 6.42 Å². The smallest absolute Gasteiger partial charge is 0.263 e. The first-order valence-electron chi connectivity index (χ1n) is 9.88. The first-order chi connectivity index (χ1) is 14.6. The predicted molar refractivity (Wildman–Crippen MR) is 112 cm³/mol. The van der Waals surface area contributed by atoms with Crippen LogP contribution in [0.25, 0.3) is 11.3 Å². The van der Waals surface area contributed by atoms with Gasteiger partial charge in [-0.05, 0) is 66.5 Å². The van der Waals surface area contributed by atoms with Crippen molar-refractivity contribution < 1.29 is 23.6 Å². The van der Waals surface area contributed by atoms with Crippen LogP contribution in [0.5, 0.6) is 17.2 Å². The van der Waals surface area contributed by atoms with Gasteiger partial charge in [0.2, 0.25) is 5.82 Å². The van der Waals surface area contributed by atoms with Crippen molar-refractivity contribution in [3.05, 3.63) is 48.0 Å². The molecule has 0 fully saturated rings. The van der Waals surface area contributed by atoms with Crippen molar-refractivity contribution in [1.82, 2.24) is 10.3 Å². The molecule has 0 aliphatic heterocycles. The molecule has 8 nitrogen and oxygen atoms in total. The maximum absolute atomic E-state index is 12.3. The summed E-state index contributed by atoms with van der Waals surface area (Å²) in [5.74, 6) is 1.66. The second-order valence-corrected chi connectivity index (χ2v) is 6.32. The van der Waals surface area contributed by atoms with Crippen molar-refractivity contribution in [2.75, 3.05) is 25.1 Å². The lowest BCUT2D eigenvalue weighted by atomic mass is 10.1. The van der Waals surface area contributed by atoms with E-state index in [2.05, 4.69) is 22.6 Å². The van der Waals surface area contributed by atoms with Crippen LogP contribution in [0.15, 0.2) is 47.1 Å². The molecule has 158 valence electrons. The predicted octanol–water partition coefficient (Wildman–Crippen LogP) is 4.11. The fourth-order valence-corrected chi connectivity index (χ4v) is 2.80. The minimum Gasteiger partial charge on any atom is -0.490 e. The van der Waals surface area contributed by atoms with E-state index in [1.807, 2.05) is 38.1 Å². The third-order valence-electron chi connectivity index (χ3n) is 4.26. The van der Waals surface area contributed by atoms with Gasteiger partial charge in [-0.15, -0.1) is 0 Å². The molecule has 3 aromatic rings. The molecule has 1 amide bonds. The second kappa shape index (κ2) is 10.3. The molecule has 0 aliphatic carbocycles. The SMILES string of the molecule is CCOc1ccc(-c2nonc2NC(=O)COc2ccc(CC)cc2)cc1OCC. The number of hydrogen-bond acceptors (Lipinski definition) is 7. The Bertz CT molecular complexity index is 969. The molecular formula is C22H25N3O5. The van der Waals surface area contributed by atoms with Crippen LogP contribution in [0.3, 0.4) is 0 Å². The third-order valence-corrected chi connectivity index (χ3v) is 4.26. The van der Waals surface area contributed by atoms with Crippen LogP contribution in [0.1, 0.15) is 26.3 Å². The normalized spacial score (nSPS) is 10.5. The highest BCUT2D eigenvalue weighted by atomic mass is 16.6. The number of rotatable bonds is 10. The van der Waals surface area contributed by atoms with Gasteiger partial charge in [-0.2, -0.15) is 0 Å². The van der Waals surface area contributed by atoms with E-state index < -0.39 is 0 Å². The molecule has 1 N–H and O–H groups in total. The summed E-state index contributed by atoms with van der Waals surface area (Å²) < 4.78 is 21.6. The number of carbonyl (C=O) groups is 1. The Labute approximate surface area is 175 Å². The molecule has 8 heteroatoms. The number of nitrogens with one attached hydrogen (secondary N) is 1. The Morgan fingerprint density at radius 1 is 0.933 bits per heavy atom. The number of aryl methyl sites for hydroxylation is 1. The fraction of sp³-hybridized carbons (Fsp3) is 0.318. The van der Waals surface area contributed by atoms with Gasteiger partial charge in [0.1, 0.15) is 5.75 Å². The largest absolute Gasteiger partial charge is 0.490 e. The summed E-state index contributed by atoms with van der Waals surface area (Å²) in [7, 11) is 0. The lowest BCUT2D eigenvalue weighted by Crippen LogP contribution is -2.20. The Balaban J connectivity index is 1.68. The van der Waals surface area contributed by atoms with Crippen molar-refractivity contribution in [3.63, 3.8) is 0 Å². The molecule has 1 heterocycles. The molecule has 0 saturated heterocycles. The van der Waals surface area contributed by atoms with Crippen LogP contribution < -0.4 is 19.5 Å². The van der Waals surface area contributed by atoms with Crippen molar-refractivity contribution in [3.8, 4) is 28.5 Å². The van der Waals surface area contributed by atoms with E-state index in [9.17, 15) is 4.79 Å². The highest BCUT2D eigenvalue weighted by molar-refractivity contribution is 5.94. The molecule has 0 atom stereocenters. The zero-order valence-corrected chi connectivity index (χ0v) is 17.3. The van der Waals surface area contributed by atoms with Gasteiger partial charge in [0.15, 0.2) is 23.8 Å². The number of benzene rings is 2. The summed E-state index contributed by atoms with van der Waals surface area (Å²) in [5, 5.41) is 10.4. The van der Waals surface area contributed by atoms with E-state index in [4.69, 9.17) is 18.8 Å². The van der Waals surface area contributed by atoms with E-state index in [1.165, 1.54) is 5.56 Å². The molecule has 0 bridgehead atoms. The highest BCUT2D eigenvalue weighted by Gasteiger charge is 2.17. The van der Waals surface area contributed by atoms with Crippen molar-refractivity contribution in [2.24, 2.45) is 0 Å². The molecule has 1 aromatic heterocycles. The molecule has 30 heavy (non-hydrogen) atoms. The quantitative estimate of drug-likeness (QED) is 0.536. The average Bonchev–Trinajstić information content (AvgIpc) is 3.22. The van der Waals surface area contributed by atoms with E-state index in [1.54, 1.807) is 18.2 Å². The number of aromatic nitrogens is 2. The van der Waals surface area contributed by atoms with Gasteiger partial charge in [-0.1, -0.05) is 19.1 Å². The average molecular weight is 411 g/mol. The van der Waals surface area contributed by atoms with Gasteiger partial charge in [0.25, 0.3) is 5.91 Å². The van der Waals surface area contributed by atoms with E-state index in [-0.39, 0.29) is 18.3 Å². The third kappa shape index (κ3) is 5.28. The molecule has 2 aromatic carbocycles. The molecule has 0 aliphatic rings. The topological polar surface area (TPSA) is 95.7 Å². The number of nitrogens with zero attached hydrogens (tertiary/aromatic N) is 2. The number of anilines is 1. The number of hydrogen-bond donors (Lipinski definition) is 1. The van der Waals surface area contributed by atoms with E-state index >= 15 is 0 Å². The van der Waals surface area contributed by atoms with Crippen molar-refractivity contribution in [2.45, 2.75) is 27.2 Å². The van der Waals surface area contributed by atoms with Gasteiger partial charge < -0.3 is 19.5 Å². The van der Waals surface area contributed by atoms with Crippen LogP contribution in [0.4, 0.5) is 5.82 Å². The van der Waals surface area contributed by atoms with Crippen LogP contribution in [0.2, 0.25) is 0 Å². The van der Waals surface area contributed by atoms with Gasteiger partial charge in [0.05, 0.1) is 13.2 Å². The van der Waals surface area contributed by atoms with Gasteiger partial charge >= 0.3 is 0 Å². The summed E-state index contributed by atoms with van der Waals surface area (Å²) >= 11 is 0. The summed E-state index contributed by atoms with van der Waals surface area (Å²) in [5.41, 5.74) is 2.26. The Morgan fingerprint density at radius 2 is 1.67 bits per heavy atom. The molecule has 3 rings (SSSR count). The maximum atomic E-state index is 12.3. The summed E-state index contributed by atoms with van der Waals surface area (Å²) in [6.45, 7) is 6.72. The molecule has 0 spiro atoms. The number of ether oxygens (including phenoxy) is 3. The first-order valence-corrected chi connectivity index (χ1v) is 9.88. The Morgan fingerprint density at radius 3 is 2.37 bits per heavy atom.